The molecule has 0 aliphatic heterocycles. The monoisotopic (exact) mass is 289 g/mol. The van der Waals surface area contributed by atoms with Crippen LogP contribution in [0.1, 0.15) is 49.8 Å². The van der Waals surface area contributed by atoms with Crippen LogP contribution in [0.3, 0.4) is 0 Å². The molecule has 2 rings (SSSR count). The van der Waals surface area contributed by atoms with Gasteiger partial charge in [-0.3, -0.25) is 4.79 Å². The number of carbonyl (C=O) groups is 1. The van der Waals surface area contributed by atoms with Crippen LogP contribution in [-0.4, -0.2) is 35.1 Å². The molecule has 0 saturated carbocycles. The minimum atomic E-state index is 0.0342. The number of aryl methyl sites for hydroxylation is 2. The number of benzene rings is 1. The lowest BCUT2D eigenvalue weighted by Crippen LogP contribution is -2.42. The summed E-state index contributed by atoms with van der Waals surface area (Å²) in [6, 6.07) is 6.70. The maximum atomic E-state index is 12.6. The summed E-state index contributed by atoms with van der Waals surface area (Å²) in [5.41, 5.74) is 3.96. The molecule has 0 aromatic heterocycles. The number of amides is 1. The first-order chi connectivity index (χ1) is 10.2. The van der Waals surface area contributed by atoms with E-state index in [2.05, 4.69) is 32.0 Å². The van der Waals surface area contributed by atoms with Gasteiger partial charge in [0, 0.05) is 12.6 Å². The third-order valence-corrected chi connectivity index (χ3v) is 4.56. The molecular weight excluding hydrogens is 262 g/mol. The van der Waals surface area contributed by atoms with E-state index in [-0.39, 0.29) is 18.6 Å². The molecule has 1 aromatic carbocycles. The van der Waals surface area contributed by atoms with Gasteiger partial charge < -0.3 is 10.0 Å². The third kappa shape index (κ3) is 3.85. The fourth-order valence-corrected chi connectivity index (χ4v) is 3.36. The molecule has 1 aliphatic rings. The van der Waals surface area contributed by atoms with E-state index in [0.717, 1.165) is 24.8 Å². The minimum Gasteiger partial charge on any atom is -0.395 e. The summed E-state index contributed by atoms with van der Waals surface area (Å²) in [5.74, 6) is 0.135. The molecule has 116 valence electrons. The molecule has 0 unspecified atom stereocenters. The minimum absolute atomic E-state index is 0.0342. The van der Waals surface area contributed by atoms with E-state index in [4.69, 9.17) is 0 Å². The first-order valence-electron chi connectivity index (χ1n) is 8.20. The van der Waals surface area contributed by atoms with Gasteiger partial charge in [0.15, 0.2) is 0 Å². The van der Waals surface area contributed by atoms with Crippen molar-refractivity contribution in [2.24, 2.45) is 0 Å². The van der Waals surface area contributed by atoms with Gasteiger partial charge in [0.05, 0.1) is 13.0 Å². The Hall–Kier alpha value is -1.35. The van der Waals surface area contributed by atoms with E-state index in [0.29, 0.717) is 13.0 Å². The highest BCUT2D eigenvalue weighted by Crippen LogP contribution is 2.23. The van der Waals surface area contributed by atoms with Crippen LogP contribution in [0.5, 0.6) is 0 Å². The van der Waals surface area contributed by atoms with Crippen LogP contribution >= 0.6 is 0 Å². The molecule has 0 heterocycles. The highest BCUT2D eigenvalue weighted by atomic mass is 16.3. The molecule has 0 saturated heterocycles. The fraction of sp³-hybridized carbons (Fsp3) is 0.611. The molecule has 1 aliphatic carbocycles. The summed E-state index contributed by atoms with van der Waals surface area (Å²) in [5, 5.41) is 9.22. The van der Waals surface area contributed by atoms with E-state index in [1.54, 1.807) is 0 Å². The predicted octanol–water partition coefficient (Wildman–Crippen LogP) is 2.73. The summed E-state index contributed by atoms with van der Waals surface area (Å²) in [4.78, 5) is 14.4. The van der Waals surface area contributed by atoms with E-state index in [1.165, 1.54) is 24.0 Å². The molecular formula is C18H27NO2. The molecule has 0 radical (unpaired) electrons. The summed E-state index contributed by atoms with van der Waals surface area (Å²) in [6.07, 6.45) is 5.87. The van der Waals surface area contributed by atoms with Crippen LogP contribution in [0.2, 0.25) is 0 Å². The molecule has 0 spiro atoms. The van der Waals surface area contributed by atoms with Crippen molar-refractivity contribution in [3.05, 3.63) is 34.9 Å². The van der Waals surface area contributed by atoms with E-state index in [1.807, 2.05) is 4.90 Å². The van der Waals surface area contributed by atoms with Gasteiger partial charge in [-0.25, -0.2) is 0 Å². The van der Waals surface area contributed by atoms with Crippen molar-refractivity contribution in [2.45, 2.75) is 58.4 Å². The highest BCUT2D eigenvalue weighted by Gasteiger charge is 2.21. The largest absolute Gasteiger partial charge is 0.395 e. The molecule has 3 heteroatoms. The molecule has 1 amide bonds. The second kappa shape index (κ2) is 7.60. The maximum Gasteiger partial charge on any atom is 0.227 e. The number of hydrogen-bond acceptors (Lipinski definition) is 2. The Labute approximate surface area is 128 Å². The standard InChI is InChI=1S/C18H27NO2/c1-3-17(4-2)19(10-11-20)18(21)13-14-8-9-15-6-5-7-16(15)12-14/h8-9,12,17,20H,3-7,10-11,13H2,1-2H3. The van der Waals surface area contributed by atoms with Crippen LogP contribution in [0.15, 0.2) is 18.2 Å². The van der Waals surface area contributed by atoms with Gasteiger partial charge in [-0.1, -0.05) is 32.0 Å². The Bertz CT molecular complexity index is 480. The fourth-order valence-electron chi connectivity index (χ4n) is 3.36. The number of carbonyl (C=O) groups excluding carboxylic acids is 1. The second-order valence-corrected chi connectivity index (χ2v) is 5.91. The van der Waals surface area contributed by atoms with Crippen LogP contribution < -0.4 is 0 Å². The van der Waals surface area contributed by atoms with E-state index >= 15 is 0 Å². The van der Waals surface area contributed by atoms with Crippen molar-refractivity contribution in [1.29, 1.82) is 0 Å². The molecule has 21 heavy (non-hydrogen) atoms. The Morgan fingerprint density at radius 1 is 1.24 bits per heavy atom. The average Bonchev–Trinajstić information content (AvgIpc) is 2.95. The summed E-state index contributed by atoms with van der Waals surface area (Å²) in [7, 11) is 0. The number of aliphatic hydroxyl groups excluding tert-OH is 1. The number of rotatable bonds is 7. The smallest absolute Gasteiger partial charge is 0.227 e. The lowest BCUT2D eigenvalue weighted by Gasteiger charge is -2.30. The number of nitrogens with zero attached hydrogens (tertiary/aromatic N) is 1. The van der Waals surface area contributed by atoms with Crippen molar-refractivity contribution in [1.82, 2.24) is 4.90 Å². The van der Waals surface area contributed by atoms with Crippen molar-refractivity contribution in [3.8, 4) is 0 Å². The predicted molar refractivity (Wildman–Crippen MR) is 85.3 cm³/mol. The summed E-state index contributed by atoms with van der Waals surface area (Å²) in [6.45, 7) is 4.67. The third-order valence-electron chi connectivity index (χ3n) is 4.56. The van der Waals surface area contributed by atoms with Crippen molar-refractivity contribution < 1.29 is 9.90 Å². The molecule has 1 N–H and O–H groups in total. The Morgan fingerprint density at radius 2 is 1.95 bits per heavy atom. The van der Waals surface area contributed by atoms with Gasteiger partial charge >= 0.3 is 0 Å². The van der Waals surface area contributed by atoms with Gasteiger partial charge in [-0.15, -0.1) is 0 Å². The van der Waals surface area contributed by atoms with Gasteiger partial charge in [0.2, 0.25) is 5.91 Å². The zero-order chi connectivity index (χ0) is 15.2. The van der Waals surface area contributed by atoms with Crippen LogP contribution in [0, 0.1) is 0 Å². The van der Waals surface area contributed by atoms with Crippen LogP contribution in [0.4, 0.5) is 0 Å². The topological polar surface area (TPSA) is 40.5 Å². The molecule has 0 atom stereocenters. The van der Waals surface area contributed by atoms with Gasteiger partial charge in [-0.2, -0.15) is 0 Å². The highest BCUT2D eigenvalue weighted by molar-refractivity contribution is 5.79. The molecule has 1 aromatic rings. The van der Waals surface area contributed by atoms with Crippen molar-refractivity contribution >= 4 is 5.91 Å². The first-order valence-corrected chi connectivity index (χ1v) is 8.20. The van der Waals surface area contributed by atoms with Crippen molar-refractivity contribution in [2.75, 3.05) is 13.2 Å². The Morgan fingerprint density at radius 3 is 2.62 bits per heavy atom. The average molecular weight is 289 g/mol. The van der Waals surface area contributed by atoms with E-state index < -0.39 is 0 Å². The van der Waals surface area contributed by atoms with Gasteiger partial charge in [-0.05, 0) is 48.8 Å². The van der Waals surface area contributed by atoms with Crippen LogP contribution in [-0.2, 0) is 24.1 Å². The van der Waals surface area contributed by atoms with Gasteiger partial charge in [0.25, 0.3) is 0 Å². The number of hydrogen-bond donors (Lipinski definition) is 1. The summed E-state index contributed by atoms with van der Waals surface area (Å²) < 4.78 is 0. The maximum absolute atomic E-state index is 12.6. The van der Waals surface area contributed by atoms with Crippen LogP contribution in [0.25, 0.3) is 0 Å². The SMILES string of the molecule is CCC(CC)N(CCO)C(=O)Cc1ccc2c(c1)CCC2. The molecule has 3 nitrogen and oxygen atoms in total. The zero-order valence-corrected chi connectivity index (χ0v) is 13.3. The second-order valence-electron chi connectivity index (χ2n) is 5.91. The van der Waals surface area contributed by atoms with Crippen molar-refractivity contribution in [3.63, 3.8) is 0 Å². The normalized spacial score (nSPS) is 13.5. The lowest BCUT2D eigenvalue weighted by atomic mass is 10.0. The number of fused-ring (bicyclic) bond motifs is 1. The zero-order valence-electron chi connectivity index (χ0n) is 13.3. The van der Waals surface area contributed by atoms with Gasteiger partial charge in [0.1, 0.15) is 0 Å². The molecule has 0 fully saturated rings. The quantitative estimate of drug-likeness (QED) is 0.838. The first kappa shape index (κ1) is 16.0. The lowest BCUT2D eigenvalue weighted by molar-refractivity contribution is -0.133. The number of aliphatic hydroxyl groups is 1. The van der Waals surface area contributed by atoms with E-state index in [9.17, 15) is 9.90 Å². The molecule has 0 bridgehead atoms. The Balaban J connectivity index is 2.07. The Kier molecular flexibility index (Phi) is 5.80. The summed E-state index contributed by atoms with van der Waals surface area (Å²) >= 11 is 0.